The number of piperidine rings is 1. The molecule has 1 atom stereocenters. The van der Waals surface area contributed by atoms with Gasteiger partial charge in [-0.05, 0) is 80.9 Å². The molecule has 13 heteroatoms. The molecule has 2 N–H and O–H groups in total. The van der Waals surface area contributed by atoms with Gasteiger partial charge in [-0.1, -0.05) is 0 Å². The van der Waals surface area contributed by atoms with E-state index in [9.17, 15) is 27.3 Å². The summed E-state index contributed by atoms with van der Waals surface area (Å²) < 4.78 is 64.5. The van der Waals surface area contributed by atoms with Crippen LogP contribution in [0.2, 0.25) is 0 Å². The summed E-state index contributed by atoms with van der Waals surface area (Å²) >= 11 is 0. The minimum Gasteiger partial charge on any atom is -0.453 e. The zero-order chi connectivity index (χ0) is 28.1. The van der Waals surface area contributed by atoms with Gasteiger partial charge in [0, 0.05) is 19.1 Å². The second-order valence-corrected chi connectivity index (χ2v) is 12.5. The zero-order valence-electron chi connectivity index (χ0n) is 21.6. The highest BCUT2D eigenvalue weighted by Crippen LogP contribution is 2.53. The van der Waals surface area contributed by atoms with Crippen LogP contribution in [-0.4, -0.2) is 54.6 Å². The van der Waals surface area contributed by atoms with Crippen molar-refractivity contribution in [3.8, 4) is 17.6 Å². The Morgan fingerprint density at radius 1 is 1.20 bits per heavy atom. The number of hydrogen-bond donors (Lipinski definition) is 2. The first-order valence-electron chi connectivity index (χ1n) is 13.2. The van der Waals surface area contributed by atoms with Gasteiger partial charge in [0.25, 0.3) is 5.56 Å². The lowest BCUT2D eigenvalue weighted by molar-refractivity contribution is 0.0270. The van der Waals surface area contributed by atoms with E-state index in [1.165, 1.54) is 12.1 Å². The van der Waals surface area contributed by atoms with Crippen molar-refractivity contribution in [2.75, 3.05) is 30.9 Å². The molecule has 3 fully saturated rings. The fourth-order valence-electron chi connectivity index (χ4n) is 6.02. The number of ether oxygens (including phenoxy) is 1. The van der Waals surface area contributed by atoms with Crippen LogP contribution in [-0.2, 0) is 10.2 Å². The second kappa shape index (κ2) is 10.1. The monoisotopic (exact) mass is 570 g/mol. The second-order valence-electron chi connectivity index (χ2n) is 10.8. The summed E-state index contributed by atoms with van der Waals surface area (Å²) in [5, 5.41) is 13.4. The number of anilines is 1. The van der Waals surface area contributed by atoms with Crippen LogP contribution >= 0.6 is 0 Å². The van der Waals surface area contributed by atoms with Crippen molar-refractivity contribution in [1.29, 1.82) is 5.26 Å². The number of nitriles is 1. The molecule has 3 aromatic rings. The molecule has 6 rings (SSSR count). The van der Waals surface area contributed by atoms with Crippen LogP contribution in [0.5, 0.6) is 11.5 Å². The molecule has 2 aromatic carbocycles. The van der Waals surface area contributed by atoms with Gasteiger partial charge in [0.1, 0.15) is 23.6 Å². The predicted octanol–water partition coefficient (Wildman–Crippen LogP) is 3.60. The molecule has 0 radical (unpaired) electrons. The van der Waals surface area contributed by atoms with Gasteiger partial charge in [-0.3, -0.25) is 14.1 Å². The molecule has 1 unspecified atom stereocenters. The number of alkyl halides is 1. The average Bonchev–Trinajstić information content (AvgIpc) is 3.37. The van der Waals surface area contributed by atoms with Gasteiger partial charge in [-0.25, -0.2) is 13.8 Å². The minimum absolute atomic E-state index is 0.00928. The lowest BCUT2D eigenvalue weighted by atomic mass is 9.60. The normalized spacial score (nSPS) is 21.3. The smallest absolute Gasteiger partial charge is 0.301 e. The maximum Gasteiger partial charge on any atom is 0.301 e. The summed E-state index contributed by atoms with van der Waals surface area (Å²) in [6, 6.07) is 8.45. The number of fused-ring (bicyclic) bond motifs is 1. The summed E-state index contributed by atoms with van der Waals surface area (Å²) in [6.45, 7) is 1.66. The number of rotatable bonds is 6. The maximum absolute atomic E-state index is 14.9. The van der Waals surface area contributed by atoms with E-state index >= 15 is 0 Å². The number of halogens is 2. The first-order chi connectivity index (χ1) is 19.2. The van der Waals surface area contributed by atoms with Crippen molar-refractivity contribution < 1.29 is 21.9 Å². The SMILES string of the molecule is N#Cc1c(NS(=O)(=O)N2CCC(F)C2)ccc(F)c1Oc1ccc2ncn(C3CC4(CCNCC4)C3)c(=O)c2c1. The lowest BCUT2D eigenvalue weighted by Gasteiger charge is -2.50. The Labute approximate surface area is 229 Å². The molecule has 1 aromatic heterocycles. The van der Waals surface area contributed by atoms with Crippen LogP contribution in [0.4, 0.5) is 14.5 Å². The molecule has 1 spiro atoms. The lowest BCUT2D eigenvalue weighted by Crippen LogP contribution is -2.47. The predicted molar refractivity (Wildman–Crippen MR) is 144 cm³/mol. The van der Waals surface area contributed by atoms with Gasteiger partial charge >= 0.3 is 10.2 Å². The fraction of sp³-hybridized carbons (Fsp3) is 0.444. The maximum atomic E-state index is 14.9. The van der Waals surface area contributed by atoms with Crippen molar-refractivity contribution >= 4 is 26.8 Å². The standard InChI is InChI=1S/C27H28F2N6O4S/c28-17-5-10-34(15-17)40(37,38)33-24-4-2-22(29)25(21(24)14-30)39-19-1-3-23-20(11-19)26(36)35(16-32-23)18-12-27(13-18)6-8-31-9-7-27/h1-4,11,16-18,31,33H,5-10,12-13,15H2. The van der Waals surface area contributed by atoms with E-state index in [0.717, 1.165) is 55.2 Å². The number of aromatic nitrogens is 2. The topological polar surface area (TPSA) is 129 Å². The van der Waals surface area contributed by atoms with E-state index in [0.29, 0.717) is 5.52 Å². The fourth-order valence-corrected chi connectivity index (χ4v) is 7.30. The Morgan fingerprint density at radius 3 is 2.67 bits per heavy atom. The first-order valence-corrected chi connectivity index (χ1v) is 14.7. The van der Waals surface area contributed by atoms with Gasteiger partial charge in [0.2, 0.25) is 0 Å². The van der Waals surface area contributed by atoms with Gasteiger partial charge in [-0.2, -0.15) is 18.0 Å². The average molecular weight is 571 g/mol. The quantitative estimate of drug-likeness (QED) is 0.463. The Hall–Kier alpha value is -3.60. The molecular formula is C27H28F2N6O4S. The van der Waals surface area contributed by atoms with Crippen LogP contribution in [0.15, 0.2) is 41.5 Å². The highest BCUT2D eigenvalue weighted by atomic mass is 32.2. The zero-order valence-corrected chi connectivity index (χ0v) is 22.4. The van der Waals surface area contributed by atoms with Crippen LogP contribution in [0.25, 0.3) is 10.9 Å². The third-order valence-corrected chi connectivity index (χ3v) is 9.75. The molecule has 0 amide bonds. The highest BCUT2D eigenvalue weighted by molar-refractivity contribution is 7.90. The van der Waals surface area contributed by atoms with Gasteiger partial charge in [-0.15, -0.1) is 0 Å². The Bertz CT molecular complexity index is 1670. The van der Waals surface area contributed by atoms with Gasteiger partial charge < -0.3 is 10.1 Å². The van der Waals surface area contributed by atoms with Crippen molar-refractivity contribution in [1.82, 2.24) is 19.2 Å². The van der Waals surface area contributed by atoms with Gasteiger partial charge in [0.05, 0.1) is 22.9 Å². The number of hydrogen-bond acceptors (Lipinski definition) is 7. The molecule has 0 bridgehead atoms. The van der Waals surface area contributed by atoms with E-state index < -0.39 is 27.9 Å². The molecule has 40 heavy (non-hydrogen) atoms. The van der Waals surface area contributed by atoms with Gasteiger partial charge in [0.15, 0.2) is 11.6 Å². The summed E-state index contributed by atoms with van der Waals surface area (Å²) in [5.41, 5.74) is -0.102. The molecule has 1 saturated carbocycles. The number of nitrogens with zero attached hydrogens (tertiary/aromatic N) is 4. The summed E-state index contributed by atoms with van der Waals surface area (Å²) in [7, 11) is -4.18. The first kappa shape index (κ1) is 26.6. The molecule has 3 aliphatic rings. The number of nitrogens with one attached hydrogen (secondary N) is 2. The van der Waals surface area contributed by atoms with Crippen LogP contribution < -0.4 is 20.3 Å². The molecule has 2 saturated heterocycles. The molecule has 2 aliphatic heterocycles. The van der Waals surface area contributed by atoms with Crippen molar-refractivity contribution in [3.63, 3.8) is 0 Å². The van der Waals surface area contributed by atoms with E-state index in [4.69, 9.17) is 4.74 Å². The molecular weight excluding hydrogens is 542 g/mol. The summed E-state index contributed by atoms with van der Waals surface area (Å²) in [5.74, 6) is -1.30. The molecule has 1 aliphatic carbocycles. The molecule has 210 valence electrons. The minimum atomic E-state index is -4.18. The van der Waals surface area contributed by atoms with Crippen molar-refractivity contribution in [2.45, 2.75) is 44.3 Å². The molecule has 3 heterocycles. The third-order valence-electron chi connectivity index (χ3n) is 8.26. The number of benzene rings is 2. The largest absolute Gasteiger partial charge is 0.453 e. The van der Waals surface area contributed by atoms with Crippen LogP contribution in [0.1, 0.15) is 43.7 Å². The van der Waals surface area contributed by atoms with Crippen molar-refractivity contribution in [3.05, 3.63) is 58.4 Å². The summed E-state index contributed by atoms with van der Waals surface area (Å²) in [6.07, 6.45) is 4.38. The van der Waals surface area contributed by atoms with E-state index in [2.05, 4.69) is 15.0 Å². The van der Waals surface area contributed by atoms with Crippen LogP contribution in [0, 0.1) is 22.6 Å². The Balaban J connectivity index is 1.28. The Kier molecular flexibility index (Phi) is 6.72. The molecule has 10 nitrogen and oxygen atoms in total. The van der Waals surface area contributed by atoms with E-state index in [1.807, 2.05) is 0 Å². The summed E-state index contributed by atoms with van der Waals surface area (Å²) in [4.78, 5) is 17.8. The van der Waals surface area contributed by atoms with E-state index in [1.54, 1.807) is 23.0 Å². The third kappa shape index (κ3) is 4.80. The highest BCUT2D eigenvalue weighted by Gasteiger charge is 2.45. The van der Waals surface area contributed by atoms with Crippen LogP contribution in [0.3, 0.4) is 0 Å². The Morgan fingerprint density at radius 2 is 1.98 bits per heavy atom. The van der Waals surface area contributed by atoms with E-state index in [-0.39, 0.29) is 58.9 Å². The van der Waals surface area contributed by atoms with Crippen molar-refractivity contribution in [2.24, 2.45) is 5.41 Å².